The van der Waals surface area contributed by atoms with Crippen molar-refractivity contribution in [1.29, 1.82) is 0 Å². The van der Waals surface area contributed by atoms with Gasteiger partial charge in [-0.15, -0.1) is 0 Å². The first-order valence-corrected chi connectivity index (χ1v) is 12.3. The van der Waals surface area contributed by atoms with Crippen molar-refractivity contribution in [2.24, 2.45) is 0 Å². The quantitative estimate of drug-likeness (QED) is 0.563. The van der Waals surface area contributed by atoms with E-state index in [9.17, 15) is 14.4 Å². The van der Waals surface area contributed by atoms with E-state index in [1.54, 1.807) is 44.4 Å². The van der Waals surface area contributed by atoms with Crippen molar-refractivity contribution in [2.45, 2.75) is 71.2 Å². The van der Waals surface area contributed by atoms with E-state index in [4.69, 9.17) is 9.47 Å². The van der Waals surface area contributed by atoms with Crippen LogP contribution in [0.5, 0.6) is 0 Å². The summed E-state index contributed by atoms with van der Waals surface area (Å²) in [6.07, 6.45) is 1.20. The molecule has 1 amide bonds. The van der Waals surface area contributed by atoms with Crippen LogP contribution < -0.4 is 5.32 Å². The van der Waals surface area contributed by atoms with Gasteiger partial charge < -0.3 is 14.4 Å². The van der Waals surface area contributed by atoms with Crippen LogP contribution in [0.15, 0.2) is 30.3 Å². The number of ether oxygens (including phenoxy) is 2. The molecule has 0 radical (unpaired) electrons. The number of hydrogen-bond donors (Lipinski definition) is 1. The molecule has 1 aromatic rings. The molecule has 7 nitrogen and oxygen atoms in total. The third-order valence-corrected chi connectivity index (χ3v) is 6.30. The third kappa shape index (κ3) is 8.47. The van der Waals surface area contributed by atoms with Crippen molar-refractivity contribution in [3.8, 4) is 0 Å². The smallest absolute Gasteiger partial charge is 0.326 e. The maximum atomic E-state index is 13.3. The Kier molecular flexibility index (Phi) is 10.0. The highest BCUT2D eigenvalue weighted by atomic mass is 32.2. The summed E-state index contributed by atoms with van der Waals surface area (Å²) >= 11 is 1.63. The summed E-state index contributed by atoms with van der Waals surface area (Å²) in [5.74, 6) is 0.240. The molecule has 1 N–H and O–H groups in total. The van der Waals surface area contributed by atoms with Crippen molar-refractivity contribution in [3.63, 3.8) is 0 Å². The van der Waals surface area contributed by atoms with Crippen molar-refractivity contribution in [3.05, 3.63) is 35.9 Å². The van der Waals surface area contributed by atoms with Gasteiger partial charge in [0, 0.05) is 17.5 Å². The van der Waals surface area contributed by atoms with E-state index in [0.29, 0.717) is 24.3 Å². The molecule has 0 unspecified atom stereocenters. The number of amides is 1. The first kappa shape index (κ1) is 26.2. The Morgan fingerprint density at radius 3 is 2.53 bits per heavy atom. The van der Waals surface area contributed by atoms with E-state index in [1.807, 2.05) is 37.3 Å². The average molecular weight is 465 g/mol. The van der Waals surface area contributed by atoms with Gasteiger partial charge in [0.05, 0.1) is 12.6 Å². The molecule has 1 aliphatic heterocycles. The third-order valence-electron chi connectivity index (χ3n) is 5.01. The van der Waals surface area contributed by atoms with Crippen LogP contribution in [0.25, 0.3) is 0 Å². The number of nitrogens with one attached hydrogen (secondary N) is 1. The predicted octanol–water partition coefficient (Wildman–Crippen LogP) is 2.81. The number of thioether (sulfide) groups is 1. The number of hydrogen-bond acceptors (Lipinski definition) is 7. The second kappa shape index (κ2) is 12.3. The second-order valence-corrected chi connectivity index (χ2v) is 10.1. The monoisotopic (exact) mass is 464 g/mol. The molecule has 8 heteroatoms. The number of aryl methyl sites for hydroxylation is 1. The minimum Gasteiger partial charge on any atom is -0.465 e. The van der Waals surface area contributed by atoms with Crippen LogP contribution >= 0.6 is 11.8 Å². The molecule has 1 aromatic carbocycles. The molecule has 0 bridgehead atoms. The lowest BCUT2D eigenvalue weighted by molar-refractivity contribution is -0.160. The molecule has 1 aliphatic rings. The highest BCUT2D eigenvalue weighted by molar-refractivity contribution is 7.99. The Hall–Kier alpha value is -2.06. The summed E-state index contributed by atoms with van der Waals surface area (Å²) < 4.78 is 10.7. The van der Waals surface area contributed by atoms with Crippen molar-refractivity contribution < 1.29 is 23.9 Å². The summed E-state index contributed by atoms with van der Waals surface area (Å²) in [6, 6.07) is 8.59. The lowest BCUT2D eigenvalue weighted by Gasteiger charge is -2.31. The number of carbonyl (C=O) groups is 3. The van der Waals surface area contributed by atoms with Crippen LogP contribution in [0.2, 0.25) is 0 Å². The molecule has 2 rings (SSSR count). The molecule has 0 aromatic heterocycles. The van der Waals surface area contributed by atoms with E-state index in [-0.39, 0.29) is 31.1 Å². The minimum atomic E-state index is -0.617. The van der Waals surface area contributed by atoms with Crippen LogP contribution in [0.3, 0.4) is 0 Å². The SMILES string of the molecule is CCOC(=O)[C@@H](CCc1ccccc1)N[C@H]1CSC[C@@H](C)N(CC(=O)OC(C)(C)C)C1=O. The van der Waals surface area contributed by atoms with Gasteiger partial charge in [0.2, 0.25) is 5.91 Å². The average Bonchev–Trinajstić information content (AvgIpc) is 2.84. The predicted molar refractivity (Wildman–Crippen MR) is 126 cm³/mol. The van der Waals surface area contributed by atoms with Crippen molar-refractivity contribution in [2.75, 3.05) is 24.7 Å². The molecule has 32 heavy (non-hydrogen) atoms. The first-order chi connectivity index (χ1) is 15.1. The molecule has 0 saturated carbocycles. The van der Waals surface area contributed by atoms with Crippen LogP contribution in [0.1, 0.15) is 46.6 Å². The number of carbonyl (C=O) groups excluding carboxylic acids is 3. The molecule has 1 saturated heterocycles. The fraction of sp³-hybridized carbons (Fsp3) is 0.625. The van der Waals surface area contributed by atoms with E-state index in [0.717, 1.165) is 5.56 Å². The first-order valence-electron chi connectivity index (χ1n) is 11.2. The minimum absolute atomic E-state index is 0.107. The lowest BCUT2D eigenvalue weighted by atomic mass is 10.0. The Bertz CT molecular complexity index is 765. The number of benzene rings is 1. The van der Waals surface area contributed by atoms with Gasteiger partial charge >= 0.3 is 11.9 Å². The summed E-state index contributed by atoms with van der Waals surface area (Å²) in [7, 11) is 0. The van der Waals surface area contributed by atoms with Crippen molar-refractivity contribution in [1.82, 2.24) is 10.2 Å². The Balaban J connectivity index is 2.11. The fourth-order valence-corrected chi connectivity index (χ4v) is 4.64. The Morgan fingerprint density at radius 2 is 1.91 bits per heavy atom. The Labute approximate surface area is 195 Å². The van der Waals surface area contributed by atoms with Gasteiger partial charge in [-0.1, -0.05) is 30.3 Å². The van der Waals surface area contributed by atoms with Crippen molar-refractivity contribution >= 4 is 29.6 Å². The van der Waals surface area contributed by atoms with E-state index >= 15 is 0 Å². The normalized spacial score (nSPS) is 20.4. The molecule has 1 fully saturated rings. The zero-order valence-electron chi connectivity index (χ0n) is 19.8. The highest BCUT2D eigenvalue weighted by Crippen LogP contribution is 2.20. The summed E-state index contributed by atoms with van der Waals surface area (Å²) in [4.78, 5) is 39.9. The zero-order chi connectivity index (χ0) is 23.7. The van der Waals surface area contributed by atoms with Crippen LogP contribution in [0, 0.1) is 0 Å². The van der Waals surface area contributed by atoms with Crippen LogP contribution in [-0.4, -0.2) is 71.1 Å². The van der Waals surface area contributed by atoms with Gasteiger partial charge in [-0.05, 0) is 53.0 Å². The van der Waals surface area contributed by atoms with E-state index in [1.165, 1.54) is 0 Å². The molecule has 1 heterocycles. The molecule has 178 valence electrons. The molecule has 0 aliphatic carbocycles. The van der Waals surface area contributed by atoms with Crippen LogP contribution in [-0.2, 0) is 30.3 Å². The number of rotatable bonds is 9. The second-order valence-electron chi connectivity index (χ2n) is 8.99. The van der Waals surface area contributed by atoms with E-state index in [2.05, 4.69) is 5.32 Å². The summed E-state index contributed by atoms with van der Waals surface area (Å²) in [5.41, 5.74) is 0.499. The highest BCUT2D eigenvalue weighted by Gasteiger charge is 2.36. The summed E-state index contributed by atoms with van der Waals surface area (Å²) in [6.45, 7) is 9.26. The maximum Gasteiger partial charge on any atom is 0.326 e. The molecular weight excluding hydrogens is 428 g/mol. The van der Waals surface area contributed by atoms with E-state index < -0.39 is 23.7 Å². The van der Waals surface area contributed by atoms with Gasteiger partial charge in [-0.2, -0.15) is 11.8 Å². The van der Waals surface area contributed by atoms with Crippen LogP contribution in [0.4, 0.5) is 0 Å². The fourth-order valence-electron chi connectivity index (χ4n) is 3.51. The van der Waals surface area contributed by atoms with Gasteiger partial charge in [-0.25, -0.2) is 0 Å². The Morgan fingerprint density at radius 1 is 1.22 bits per heavy atom. The standard InChI is InChI=1S/C24H36N2O5S/c1-6-30-23(29)19(13-12-18-10-8-7-9-11-18)25-20-16-32-15-17(2)26(22(20)28)14-21(27)31-24(3,4)5/h7-11,17,19-20,25H,6,12-16H2,1-5H3/t17-,19-,20+/m1/s1. The van der Waals surface area contributed by atoms with Gasteiger partial charge in [0.15, 0.2) is 0 Å². The number of esters is 2. The molecule has 3 atom stereocenters. The topological polar surface area (TPSA) is 84.9 Å². The lowest BCUT2D eigenvalue weighted by Crippen LogP contribution is -2.55. The largest absolute Gasteiger partial charge is 0.465 e. The maximum absolute atomic E-state index is 13.3. The molecular formula is C24H36N2O5S. The van der Waals surface area contributed by atoms with Gasteiger partial charge in [-0.3, -0.25) is 19.7 Å². The van der Waals surface area contributed by atoms with Gasteiger partial charge in [0.1, 0.15) is 18.2 Å². The molecule has 0 spiro atoms. The summed E-state index contributed by atoms with van der Waals surface area (Å²) in [5, 5.41) is 3.23. The number of nitrogens with zero attached hydrogens (tertiary/aromatic N) is 1. The zero-order valence-corrected chi connectivity index (χ0v) is 20.6. The van der Waals surface area contributed by atoms with Gasteiger partial charge in [0.25, 0.3) is 0 Å².